The Morgan fingerprint density at radius 3 is 2.00 bits per heavy atom. The molecule has 2 aliphatic rings. The number of amides is 1. The van der Waals surface area contributed by atoms with Gasteiger partial charge in [0.2, 0.25) is 0 Å². The van der Waals surface area contributed by atoms with E-state index < -0.39 is 6.09 Å². The maximum absolute atomic E-state index is 10.4. The third-order valence-corrected chi connectivity index (χ3v) is 2.55. The summed E-state index contributed by atoms with van der Waals surface area (Å²) in [5.41, 5.74) is 0. The maximum atomic E-state index is 10.4. The van der Waals surface area contributed by atoms with Gasteiger partial charge in [0.05, 0.1) is 0 Å². The Hall–Kier alpha value is -0.730. The Bertz CT molecular complexity index is 161. The standard InChI is InChI=1S/C8H13NO2/c10-8(11)9-7(5-1-2-5)6-3-4-6/h5-7,9H,1-4H2,(H,10,11). The van der Waals surface area contributed by atoms with Crippen LogP contribution in [0.5, 0.6) is 0 Å². The summed E-state index contributed by atoms with van der Waals surface area (Å²) in [6, 6.07) is 0.285. The molecule has 3 nitrogen and oxygen atoms in total. The van der Waals surface area contributed by atoms with E-state index in [2.05, 4.69) is 5.32 Å². The van der Waals surface area contributed by atoms with Gasteiger partial charge in [0.15, 0.2) is 0 Å². The Labute approximate surface area is 65.8 Å². The van der Waals surface area contributed by atoms with Gasteiger partial charge in [-0.3, -0.25) is 0 Å². The van der Waals surface area contributed by atoms with Crippen molar-refractivity contribution in [3.63, 3.8) is 0 Å². The van der Waals surface area contributed by atoms with Crippen LogP contribution in [0, 0.1) is 11.8 Å². The number of hydrogen-bond donors (Lipinski definition) is 2. The van der Waals surface area contributed by atoms with Gasteiger partial charge in [-0.15, -0.1) is 0 Å². The molecule has 3 heteroatoms. The molecule has 0 radical (unpaired) electrons. The van der Waals surface area contributed by atoms with Crippen molar-refractivity contribution in [3.05, 3.63) is 0 Å². The van der Waals surface area contributed by atoms with Crippen molar-refractivity contribution in [1.82, 2.24) is 5.32 Å². The molecular formula is C8H13NO2. The van der Waals surface area contributed by atoms with Crippen LogP contribution >= 0.6 is 0 Å². The largest absolute Gasteiger partial charge is 0.465 e. The lowest BCUT2D eigenvalue weighted by molar-refractivity contribution is 0.186. The van der Waals surface area contributed by atoms with E-state index in [1.807, 2.05) is 0 Å². The van der Waals surface area contributed by atoms with Gasteiger partial charge in [0, 0.05) is 6.04 Å². The number of hydrogen-bond acceptors (Lipinski definition) is 1. The van der Waals surface area contributed by atoms with E-state index in [9.17, 15) is 4.79 Å². The van der Waals surface area contributed by atoms with E-state index in [1.165, 1.54) is 25.7 Å². The van der Waals surface area contributed by atoms with Crippen LogP contribution in [-0.2, 0) is 0 Å². The fraction of sp³-hybridized carbons (Fsp3) is 0.875. The first-order valence-electron chi connectivity index (χ1n) is 4.27. The summed E-state index contributed by atoms with van der Waals surface area (Å²) in [6.07, 6.45) is 4.04. The van der Waals surface area contributed by atoms with Crippen LogP contribution in [0.15, 0.2) is 0 Å². The minimum Gasteiger partial charge on any atom is -0.465 e. The van der Waals surface area contributed by atoms with Gasteiger partial charge < -0.3 is 10.4 Å². The van der Waals surface area contributed by atoms with E-state index >= 15 is 0 Å². The third-order valence-electron chi connectivity index (χ3n) is 2.55. The monoisotopic (exact) mass is 155 g/mol. The van der Waals surface area contributed by atoms with Gasteiger partial charge in [-0.25, -0.2) is 4.79 Å². The lowest BCUT2D eigenvalue weighted by Gasteiger charge is -2.14. The van der Waals surface area contributed by atoms with Crippen LogP contribution in [0.2, 0.25) is 0 Å². The lowest BCUT2D eigenvalue weighted by Crippen LogP contribution is -2.36. The SMILES string of the molecule is O=C(O)NC(C1CC1)C1CC1. The fourth-order valence-electron chi connectivity index (χ4n) is 1.67. The van der Waals surface area contributed by atoms with Gasteiger partial charge >= 0.3 is 6.09 Å². The first kappa shape index (κ1) is 6.95. The summed E-state index contributed by atoms with van der Waals surface area (Å²) < 4.78 is 0. The Balaban J connectivity index is 1.86. The summed E-state index contributed by atoms with van der Waals surface area (Å²) in [5.74, 6) is 1.33. The average molecular weight is 155 g/mol. The number of carbonyl (C=O) groups is 1. The minimum absolute atomic E-state index is 0.285. The van der Waals surface area contributed by atoms with Crippen molar-refractivity contribution >= 4 is 6.09 Å². The van der Waals surface area contributed by atoms with E-state index in [0.717, 1.165) is 0 Å². The van der Waals surface area contributed by atoms with Crippen LogP contribution in [0.1, 0.15) is 25.7 Å². The second kappa shape index (κ2) is 2.40. The molecule has 62 valence electrons. The quantitative estimate of drug-likeness (QED) is 0.648. The molecule has 2 rings (SSSR count). The first-order chi connectivity index (χ1) is 5.27. The second-order valence-electron chi connectivity index (χ2n) is 3.65. The highest BCUT2D eigenvalue weighted by Gasteiger charge is 2.42. The van der Waals surface area contributed by atoms with E-state index in [-0.39, 0.29) is 6.04 Å². The molecule has 0 atom stereocenters. The van der Waals surface area contributed by atoms with Gasteiger partial charge in [-0.05, 0) is 37.5 Å². The molecule has 0 aromatic heterocycles. The molecule has 2 fully saturated rings. The zero-order chi connectivity index (χ0) is 7.84. The van der Waals surface area contributed by atoms with Crippen LogP contribution in [0.25, 0.3) is 0 Å². The summed E-state index contributed by atoms with van der Waals surface area (Å²) in [6.45, 7) is 0. The van der Waals surface area contributed by atoms with Gasteiger partial charge in [-0.1, -0.05) is 0 Å². The topological polar surface area (TPSA) is 49.3 Å². The molecule has 0 saturated heterocycles. The molecular weight excluding hydrogens is 142 g/mol. The zero-order valence-electron chi connectivity index (χ0n) is 6.42. The maximum Gasteiger partial charge on any atom is 0.404 e. The normalized spacial score (nSPS) is 23.7. The van der Waals surface area contributed by atoms with Crippen molar-refractivity contribution in [2.24, 2.45) is 11.8 Å². The summed E-state index contributed by atoms with van der Waals surface area (Å²) in [4.78, 5) is 10.4. The van der Waals surface area contributed by atoms with Crippen LogP contribution in [0.4, 0.5) is 4.79 Å². The van der Waals surface area contributed by atoms with Crippen molar-refractivity contribution in [3.8, 4) is 0 Å². The Morgan fingerprint density at radius 1 is 1.27 bits per heavy atom. The second-order valence-corrected chi connectivity index (χ2v) is 3.65. The Kier molecular flexibility index (Phi) is 1.51. The molecule has 1 amide bonds. The summed E-state index contributed by atoms with van der Waals surface area (Å²) in [5, 5.41) is 11.1. The Morgan fingerprint density at radius 2 is 1.73 bits per heavy atom. The van der Waals surface area contributed by atoms with Crippen molar-refractivity contribution in [1.29, 1.82) is 0 Å². The van der Waals surface area contributed by atoms with Crippen LogP contribution in [-0.4, -0.2) is 17.2 Å². The van der Waals surface area contributed by atoms with E-state index in [4.69, 9.17) is 5.11 Å². The molecule has 2 aliphatic carbocycles. The minimum atomic E-state index is -0.853. The molecule has 0 aromatic rings. The highest BCUT2D eigenvalue weighted by Crippen LogP contribution is 2.44. The van der Waals surface area contributed by atoms with Gasteiger partial charge in [0.1, 0.15) is 0 Å². The van der Waals surface area contributed by atoms with Crippen LogP contribution < -0.4 is 5.32 Å². The van der Waals surface area contributed by atoms with E-state index in [1.54, 1.807) is 0 Å². The molecule has 11 heavy (non-hydrogen) atoms. The molecule has 2 N–H and O–H groups in total. The van der Waals surface area contributed by atoms with Crippen molar-refractivity contribution < 1.29 is 9.90 Å². The molecule has 0 aliphatic heterocycles. The zero-order valence-corrected chi connectivity index (χ0v) is 6.42. The number of nitrogens with one attached hydrogen (secondary N) is 1. The van der Waals surface area contributed by atoms with Crippen molar-refractivity contribution in [2.75, 3.05) is 0 Å². The van der Waals surface area contributed by atoms with Gasteiger partial charge in [-0.2, -0.15) is 0 Å². The fourth-order valence-corrected chi connectivity index (χ4v) is 1.67. The summed E-state index contributed by atoms with van der Waals surface area (Å²) in [7, 11) is 0. The van der Waals surface area contributed by atoms with E-state index in [0.29, 0.717) is 11.8 Å². The predicted molar refractivity (Wildman–Crippen MR) is 40.4 cm³/mol. The smallest absolute Gasteiger partial charge is 0.404 e. The molecule has 0 spiro atoms. The first-order valence-corrected chi connectivity index (χ1v) is 4.27. The molecule has 0 heterocycles. The van der Waals surface area contributed by atoms with Crippen LogP contribution in [0.3, 0.4) is 0 Å². The molecule has 0 unspecified atom stereocenters. The number of carboxylic acid groups (broad SMARTS) is 1. The highest BCUT2D eigenvalue weighted by molar-refractivity contribution is 5.65. The van der Waals surface area contributed by atoms with Crippen molar-refractivity contribution in [2.45, 2.75) is 31.7 Å². The number of rotatable bonds is 3. The average Bonchev–Trinajstić information content (AvgIpc) is 2.79. The lowest BCUT2D eigenvalue weighted by atomic mass is 10.1. The highest BCUT2D eigenvalue weighted by atomic mass is 16.4. The third kappa shape index (κ3) is 1.64. The molecule has 2 saturated carbocycles. The molecule has 0 bridgehead atoms. The summed E-state index contributed by atoms with van der Waals surface area (Å²) >= 11 is 0. The van der Waals surface area contributed by atoms with Gasteiger partial charge in [0.25, 0.3) is 0 Å². The predicted octanol–water partition coefficient (Wildman–Crippen LogP) is 1.44. The molecule has 0 aromatic carbocycles.